The molecule has 1 aromatic carbocycles. The number of hydrogen-bond donors (Lipinski definition) is 1. The van der Waals surface area contributed by atoms with Crippen molar-refractivity contribution in [2.24, 2.45) is 0 Å². The number of pyridine rings is 1. The fraction of sp³-hybridized carbons (Fsp3) is 0.360. The molecule has 0 amide bonds. The van der Waals surface area contributed by atoms with Crippen molar-refractivity contribution in [3.63, 3.8) is 0 Å². The van der Waals surface area contributed by atoms with Gasteiger partial charge in [-0.25, -0.2) is 0 Å². The number of aromatic amines is 1. The van der Waals surface area contributed by atoms with Crippen LogP contribution < -0.4 is 9.64 Å². The lowest BCUT2D eigenvalue weighted by molar-refractivity contribution is 0.122. The Kier molecular flexibility index (Phi) is 6.17. The molecule has 8 heteroatoms. The summed E-state index contributed by atoms with van der Waals surface area (Å²) in [5.41, 5.74) is 5.75. The number of H-pyrrole nitrogens is 1. The van der Waals surface area contributed by atoms with Crippen LogP contribution in [-0.2, 0) is 17.6 Å². The average Bonchev–Trinajstić information content (AvgIpc) is 3.13. The first-order chi connectivity index (χ1) is 16.2. The van der Waals surface area contributed by atoms with E-state index in [-0.39, 0.29) is 0 Å². The highest BCUT2D eigenvalue weighted by Crippen LogP contribution is 2.24. The molecule has 1 fully saturated rings. The normalized spacial score (nSPS) is 14.1. The van der Waals surface area contributed by atoms with Gasteiger partial charge in [0.15, 0.2) is 0 Å². The number of ether oxygens (including phenoxy) is 2. The first-order valence-electron chi connectivity index (χ1n) is 11.3. The molecular formula is C25H28N6O2. The largest absolute Gasteiger partial charge is 0.463 e. The van der Waals surface area contributed by atoms with Gasteiger partial charge >= 0.3 is 6.01 Å². The van der Waals surface area contributed by atoms with Crippen molar-refractivity contribution in [2.75, 3.05) is 37.8 Å². The Bertz CT molecular complexity index is 1230. The van der Waals surface area contributed by atoms with E-state index in [0.717, 1.165) is 29.9 Å². The van der Waals surface area contributed by atoms with E-state index >= 15 is 0 Å². The quantitative estimate of drug-likeness (QED) is 0.467. The maximum absolute atomic E-state index is 5.95. The summed E-state index contributed by atoms with van der Waals surface area (Å²) in [6.45, 7) is 7.54. The van der Waals surface area contributed by atoms with Gasteiger partial charge < -0.3 is 19.4 Å². The van der Waals surface area contributed by atoms with Crippen molar-refractivity contribution in [3.8, 4) is 6.01 Å². The van der Waals surface area contributed by atoms with E-state index in [0.29, 0.717) is 50.4 Å². The highest BCUT2D eigenvalue weighted by atomic mass is 16.5. The van der Waals surface area contributed by atoms with Crippen molar-refractivity contribution in [1.82, 2.24) is 24.9 Å². The Balaban J connectivity index is 1.39. The minimum absolute atomic E-state index is 0.354. The molecule has 4 heterocycles. The second-order valence-electron chi connectivity index (χ2n) is 8.28. The van der Waals surface area contributed by atoms with Gasteiger partial charge in [0.25, 0.3) is 0 Å². The third-order valence-corrected chi connectivity index (χ3v) is 5.99. The Morgan fingerprint density at radius 1 is 1.06 bits per heavy atom. The number of fused-ring (bicyclic) bond motifs is 1. The van der Waals surface area contributed by atoms with E-state index < -0.39 is 0 Å². The number of hydrogen-bond acceptors (Lipinski definition) is 7. The second kappa shape index (κ2) is 9.54. The van der Waals surface area contributed by atoms with Crippen LogP contribution in [0.3, 0.4) is 0 Å². The molecule has 1 N–H and O–H groups in total. The van der Waals surface area contributed by atoms with Crippen LogP contribution in [0.5, 0.6) is 6.01 Å². The summed E-state index contributed by atoms with van der Waals surface area (Å²) in [6.07, 6.45) is 3.09. The van der Waals surface area contributed by atoms with Crippen LogP contribution in [0.1, 0.15) is 28.3 Å². The molecule has 0 atom stereocenters. The molecule has 0 unspecified atom stereocenters. The zero-order chi connectivity index (χ0) is 22.6. The smallest absolute Gasteiger partial charge is 0.321 e. The first kappa shape index (κ1) is 21.3. The molecule has 3 aromatic heterocycles. The fourth-order valence-electron chi connectivity index (χ4n) is 4.03. The summed E-state index contributed by atoms with van der Waals surface area (Å²) >= 11 is 0. The van der Waals surface area contributed by atoms with Gasteiger partial charge in [0.1, 0.15) is 5.82 Å². The summed E-state index contributed by atoms with van der Waals surface area (Å²) in [6, 6.07) is 12.7. The van der Waals surface area contributed by atoms with E-state index in [1.54, 1.807) is 6.20 Å². The summed E-state index contributed by atoms with van der Waals surface area (Å²) in [5.74, 6) is 1.34. The summed E-state index contributed by atoms with van der Waals surface area (Å²) in [5, 5.41) is 1.24. The van der Waals surface area contributed by atoms with Crippen molar-refractivity contribution >= 4 is 16.9 Å². The van der Waals surface area contributed by atoms with Gasteiger partial charge in [-0.1, -0.05) is 12.1 Å². The zero-order valence-electron chi connectivity index (χ0n) is 19.0. The number of rotatable bonds is 7. The molecule has 1 aliphatic heterocycles. The fourth-order valence-corrected chi connectivity index (χ4v) is 4.03. The summed E-state index contributed by atoms with van der Waals surface area (Å²) < 4.78 is 11.4. The third-order valence-electron chi connectivity index (χ3n) is 5.99. The Hall–Kier alpha value is -3.52. The zero-order valence-corrected chi connectivity index (χ0v) is 19.0. The number of anilines is 1. The number of nitrogens with zero attached hydrogens (tertiary/aromatic N) is 5. The lowest BCUT2D eigenvalue weighted by Crippen LogP contribution is -2.37. The van der Waals surface area contributed by atoms with Crippen molar-refractivity contribution in [1.29, 1.82) is 0 Å². The predicted octanol–water partition coefficient (Wildman–Crippen LogP) is 3.41. The molecule has 5 rings (SSSR count). The number of aryl methyl sites for hydroxylation is 2. The molecule has 0 radical (unpaired) electrons. The molecule has 0 bridgehead atoms. The van der Waals surface area contributed by atoms with E-state index in [1.807, 2.05) is 18.2 Å². The second-order valence-corrected chi connectivity index (χ2v) is 8.28. The molecule has 1 saturated heterocycles. The number of aromatic nitrogens is 5. The highest BCUT2D eigenvalue weighted by Gasteiger charge is 2.18. The van der Waals surface area contributed by atoms with E-state index in [9.17, 15) is 0 Å². The van der Waals surface area contributed by atoms with Crippen LogP contribution in [0.4, 0.5) is 5.95 Å². The number of benzene rings is 1. The van der Waals surface area contributed by atoms with Gasteiger partial charge in [0.05, 0.1) is 19.8 Å². The van der Waals surface area contributed by atoms with Gasteiger partial charge in [0, 0.05) is 54.4 Å². The minimum atomic E-state index is 0.354. The number of morpholine rings is 1. The van der Waals surface area contributed by atoms with Gasteiger partial charge in [0.2, 0.25) is 5.95 Å². The van der Waals surface area contributed by atoms with E-state index in [4.69, 9.17) is 14.5 Å². The molecule has 33 heavy (non-hydrogen) atoms. The van der Waals surface area contributed by atoms with E-state index in [2.05, 4.69) is 56.9 Å². The number of nitrogens with one attached hydrogen (secondary N) is 1. The standard InChI is InChI=1S/C25H28N6O2/c1-17-18(2)27-22-7-6-19(15-21(17)22)16-23-28-24(31-10-13-32-14-11-31)30-25(29-23)33-12-8-20-5-3-4-9-26-20/h3-7,9,15,27H,8,10-14,16H2,1-2H3. The summed E-state index contributed by atoms with van der Waals surface area (Å²) in [4.78, 5) is 23.9. The SMILES string of the molecule is Cc1[nH]c2ccc(Cc3nc(OCCc4ccccn4)nc(N4CCOCC4)n3)cc2c1C. The molecule has 4 aromatic rings. The molecular weight excluding hydrogens is 416 g/mol. The van der Waals surface area contributed by atoms with Crippen LogP contribution in [-0.4, -0.2) is 57.8 Å². The Morgan fingerprint density at radius 3 is 2.76 bits per heavy atom. The minimum Gasteiger partial charge on any atom is -0.463 e. The maximum atomic E-state index is 5.95. The molecule has 8 nitrogen and oxygen atoms in total. The highest BCUT2D eigenvalue weighted by molar-refractivity contribution is 5.85. The summed E-state index contributed by atoms with van der Waals surface area (Å²) in [7, 11) is 0. The lowest BCUT2D eigenvalue weighted by atomic mass is 10.1. The molecule has 170 valence electrons. The monoisotopic (exact) mass is 444 g/mol. The lowest BCUT2D eigenvalue weighted by Gasteiger charge is -2.27. The van der Waals surface area contributed by atoms with Gasteiger partial charge in [-0.3, -0.25) is 4.98 Å². The Labute approximate surface area is 193 Å². The molecule has 0 aliphatic carbocycles. The van der Waals surface area contributed by atoms with Gasteiger partial charge in [-0.15, -0.1) is 0 Å². The van der Waals surface area contributed by atoms with Crippen molar-refractivity contribution in [2.45, 2.75) is 26.7 Å². The van der Waals surface area contributed by atoms with Gasteiger partial charge in [-0.05, 0) is 49.2 Å². The molecule has 0 saturated carbocycles. The van der Waals surface area contributed by atoms with Crippen LogP contribution in [0, 0.1) is 13.8 Å². The first-order valence-corrected chi connectivity index (χ1v) is 11.3. The topological polar surface area (TPSA) is 89.0 Å². The predicted molar refractivity (Wildman–Crippen MR) is 127 cm³/mol. The average molecular weight is 445 g/mol. The molecule has 0 spiro atoms. The molecule has 1 aliphatic rings. The van der Waals surface area contributed by atoms with Gasteiger partial charge in [-0.2, -0.15) is 15.0 Å². The van der Waals surface area contributed by atoms with Crippen LogP contribution >= 0.6 is 0 Å². The third kappa shape index (κ3) is 4.96. The maximum Gasteiger partial charge on any atom is 0.321 e. The Morgan fingerprint density at radius 2 is 1.94 bits per heavy atom. The van der Waals surface area contributed by atoms with E-state index in [1.165, 1.54) is 16.6 Å². The van der Waals surface area contributed by atoms with Crippen molar-refractivity contribution in [3.05, 3.63) is 70.9 Å². The van der Waals surface area contributed by atoms with Crippen molar-refractivity contribution < 1.29 is 9.47 Å². The van der Waals surface area contributed by atoms with Crippen LogP contribution in [0.2, 0.25) is 0 Å². The van der Waals surface area contributed by atoms with Crippen LogP contribution in [0.25, 0.3) is 10.9 Å². The van der Waals surface area contributed by atoms with Crippen LogP contribution in [0.15, 0.2) is 42.6 Å².